The zero-order chi connectivity index (χ0) is 10.6. The van der Waals surface area contributed by atoms with E-state index in [0.29, 0.717) is 6.54 Å². The van der Waals surface area contributed by atoms with Crippen LogP contribution in [0, 0.1) is 6.92 Å². The van der Waals surface area contributed by atoms with E-state index >= 15 is 0 Å². The summed E-state index contributed by atoms with van der Waals surface area (Å²) in [4.78, 5) is 0. The fraction of sp³-hybridized carbons (Fsp3) is 0.700. The quantitative estimate of drug-likeness (QED) is 0.764. The van der Waals surface area contributed by atoms with Crippen LogP contribution in [0.1, 0.15) is 18.9 Å². The predicted octanol–water partition coefficient (Wildman–Crippen LogP) is 0.944. The van der Waals surface area contributed by atoms with Gasteiger partial charge < -0.3 is 10.5 Å². The van der Waals surface area contributed by atoms with Crippen molar-refractivity contribution >= 4 is 0 Å². The molecule has 2 N–H and O–H groups in total. The normalized spacial score (nSPS) is 15.4. The summed E-state index contributed by atoms with van der Waals surface area (Å²) in [5.74, 6) is 0. The van der Waals surface area contributed by atoms with Gasteiger partial charge in [-0.15, -0.1) is 0 Å². The van der Waals surface area contributed by atoms with Crippen LogP contribution in [0.3, 0.4) is 0 Å². The second kappa shape index (κ2) is 5.12. The molecule has 0 saturated carbocycles. The van der Waals surface area contributed by atoms with Crippen molar-refractivity contribution in [2.24, 2.45) is 5.73 Å². The first-order valence-corrected chi connectivity index (χ1v) is 4.94. The molecule has 4 nitrogen and oxygen atoms in total. The molecule has 0 radical (unpaired) electrons. The Bertz CT molecular complexity index is 268. The van der Waals surface area contributed by atoms with Gasteiger partial charge in [0.25, 0.3) is 0 Å². The molecule has 80 valence electrons. The number of nitrogens with zero attached hydrogens (tertiary/aromatic N) is 2. The van der Waals surface area contributed by atoms with Crippen LogP contribution in [0.25, 0.3) is 0 Å². The van der Waals surface area contributed by atoms with E-state index in [4.69, 9.17) is 10.5 Å². The number of ether oxygens (including phenoxy) is 1. The van der Waals surface area contributed by atoms with Gasteiger partial charge in [-0.2, -0.15) is 5.10 Å². The highest BCUT2D eigenvalue weighted by atomic mass is 16.5. The van der Waals surface area contributed by atoms with Crippen LogP contribution in [-0.2, 0) is 11.3 Å². The van der Waals surface area contributed by atoms with E-state index in [1.54, 1.807) is 7.11 Å². The number of nitrogens with two attached hydrogens (primary N) is 1. The number of aryl methyl sites for hydroxylation is 1. The number of rotatable bonds is 5. The Labute approximate surface area is 85.0 Å². The van der Waals surface area contributed by atoms with E-state index in [1.807, 2.05) is 24.0 Å². The lowest BCUT2D eigenvalue weighted by atomic mass is 10.1. The Kier molecular flexibility index (Phi) is 4.10. The molecule has 0 aliphatic carbocycles. The Hall–Kier alpha value is -0.870. The molecule has 0 saturated heterocycles. The van der Waals surface area contributed by atoms with Crippen LogP contribution >= 0.6 is 0 Å². The summed E-state index contributed by atoms with van der Waals surface area (Å²) in [5, 5.41) is 4.19. The van der Waals surface area contributed by atoms with Crippen molar-refractivity contribution in [2.45, 2.75) is 39.0 Å². The Morgan fingerprint density at radius 1 is 1.64 bits per heavy atom. The zero-order valence-electron chi connectivity index (χ0n) is 9.10. The van der Waals surface area contributed by atoms with Gasteiger partial charge in [0, 0.05) is 13.3 Å². The SMILES string of the molecule is CC[C@@H](OC)[C@H](N)Cn1cc(C)cn1. The molecule has 0 spiro atoms. The van der Waals surface area contributed by atoms with Crippen molar-refractivity contribution in [3.05, 3.63) is 18.0 Å². The summed E-state index contributed by atoms with van der Waals surface area (Å²) in [6.45, 7) is 4.80. The molecule has 1 aromatic heterocycles. The van der Waals surface area contributed by atoms with Gasteiger partial charge in [-0.1, -0.05) is 6.92 Å². The molecule has 0 unspecified atom stereocenters. The first-order valence-electron chi connectivity index (χ1n) is 4.94. The lowest BCUT2D eigenvalue weighted by molar-refractivity contribution is 0.0711. The zero-order valence-corrected chi connectivity index (χ0v) is 9.10. The second-order valence-corrected chi connectivity index (χ2v) is 3.59. The molecular formula is C10H19N3O. The minimum absolute atomic E-state index is 0.00398. The minimum atomic E-state index is 0.00398. The van der Waals surface area contributed by atoms with E-state index in [2.05, 4.69) is 12.0 Å². The molecule has 14 heavy (non-hydrogen) atoms. The third-order valence-corrected chi connectivity index (χ3v) is 2.34. The summed E-state index contributed by atoms with van der Waals surface area (Å²) >= 11 is 0. The fourth-order valence-electron chi connectivity index (χ4n) is 1.54. The molecule has 1 rings (SSSR count). The highest BCUT2D eigenvalue weighted by molar-refractivity contribution is 4.99. The summed E-state index contributed by atoms with van der Waals surface area (Å²) in [5.41, 5.74) is 7.15. The maximum atomic E-state index is 5.99. The molecule has 1 aromatic rings. The summed E-state index contributed by atoms with van der Waals surface area (Å²) in [7, 11) is 1.70. The fourth-order valence-corrected chi connectivity index (χ4v) is 1.54. The molecule has 0 bridgehead atoms. The monoisotopic (exact) mass is 197 g/mol. The second-order valence-electron chi connectivity index (χ2n) is 3.59. The van der Waals surface area contributed by atoms with Crippen molar-refractivity contribution in [3.63, 3.8) is 0 Å². The largest absolute Gasteiger partial charge is 0.380 e. The average molecular weight is 197 g/mol. The smallest absolute Gasteiger partial charge is 0.0737 e. The number of hydrogen-bond donors (Lipinski definition) is 1. The first-order chi connectivity index (χ1) is 6.67. The van der Waals surface area contributed by atoms with Gasteiger partial charge in [0.2, 0.25) is 0 Å². The maximum Gasteiger partial charge on any atom is 0.0737 e. The van der Waals surface area contributed by atoms with E-state index in [0.717, 1.165) is 12.0 Å². The summed E-state index contributed by atoms with van der Waals surface area (Å²) in [6, 6.07) is 0.00398. The standard InChI is InChI=1S/C10H19N3O/c1-4-10(14-3)9(11)7-13-6-8(2)5-12-13/h5-6,9-10H,4,7,11H2,1-3H3/t9-,10-/m1/s1. The van der Waals surface area contributed by atoms with Crippen LogP contribution in [0.4, 0.5) is 0 Å². The van der Waals surface area contributed by atoms with Crippen molar-refractivity contribution < 1.29 is 4.74 Å². The van der Waals surface area contributed by atoms with Crippen LogP contribution in [-0.4, -0.2) is 29.0 Å². The lowest BCUT2D eigenvalue weighted by Gasteiger charge is -2.20. The van der Waals surface area contributed by atoms with E-state index in [1.165, 1.54) is 0 Å². The van der Waals surface area contributed by atoms with E-state index in [9.17, 15) is 0 Å². The number of hydrogen-bond acceptors (Lipinski definition) is 3. The van der Waals surface area contributed by atoms with Gasteiger partial charge in [-0.05, 0) is 18.9 Å². The Morgan fingerprint density at radius 3 is 2.79 bits per heavy atom. The third kappa shape index (κ3) is 2.82. The highest BCUT2D eigenvalue weighted by Gasteiger charge is 2.15. The van der Waals surface area contributed by atoms with Crippen LogP contribution in [0.15, 0.2) is 12.4 Å². The number of aromatic nitrogens is 2. The van der Waals surface area contributed by atoms with Crippen LogP contribution < -0.4 is 5.73 Å². The van der Waals surface area contributed by atoms with Crippen LogP contribution in [0.5, 0.6) is 0 Å². The lowest BCUT2D eigenvalue weighted by Crippen LogP contribution is -2.39. The Morgan fingerprint density at radius 2 is 2.36 bits per heavy atom. The van der Waals surface area contributed by atoms with Crippen molar-refractivity contribution in [3.8, 4) is 0 Å². The van der Waals surface area contributed by atoms with E-state index in [-0.39, 0.29) is 12.1 Å². The molecule has 0 amide bonds. The van der Waals surface area contributed by atoms with Crippen molar-refractivity contribution in [1.29, 1.82) is 0 Å². The topological polar surface area (TPSA) is 53.1 Å². The highest BCUT2D eigenvalue weighted by Crippen LogP contribution is 2.04. The average Bonchev–Trinajstić information content (AvgIpc) is 2.53. The molecule has 1 heterocycles. The van der Waals surface area contributed by atoms with Gasteiger partial charge in [0.15, 0.2) is 0 Å². The van der Waals surface area contributed by atoms with Gasteiger partial charge in [0.05, 0.1) is 24.9 Å². The molecule has 2 atom stereocenters. The summed E-state index contributed by atoms with van der Waals surface area (Å²) < 4.78 is 7.14. The molecule has 0 aliphatic rings. The molecule has 0 aromatic carbocycles. The molecule has 4 heteroatoms. The van der Waals surface area contributed by atoms with Crippen molar-refractivity contribution in [2.75, 3.05) is 7.11 Å². The Balaban J connectivity index is 2.51. The predicted molar refractivity (Wildman–Crippen MR) is 56.0 cm³/mol. The maximum absolute atomic E-state index is 5.99. The van der Waals surface area contributed by atoms with Gasteiger partial charge in [0.1, 0.15) is 0 Å². The number of methoxy groups -OCH3 is 1. The third-order valence-electron chi connectivity index (χ3n) is 2.34. The van der Waals surface area contributed by atoms with E-state index < -0.39 is 0 Å². The summed E-state index contributed by atoms with van der Waals surface area (Å²) in [6.07, 6.45) is 4.86. The van der Waals surface area contributed by atoms with Crippen molar-refractivity contribution in [1.82, 2.24) is 9.78 Å². The first kappa shape index (κ1) is 11.2. The van der Waals surface area contributed by atoms with Crippen LogP contribution in [0.2, 0.25) is 0 Å². The van der Waals surface area contributed by atoms with Gasteiger partial charge >= 0.3 is 0 Å². The molecule has 0 aliphatic heterocycles. The van der Waals surface area contributed by atoms with Gasteiger partial charge in [-0.25, -0.2) is 0 Å². The molecular weight excluding hydrogens is 178 g/mol. The molecule has 0 fully saturated rings. The minimum Gasteiger partial charge on any atom is -0.380 e. The van der Waals surface area contributed by atoms with Gasteiger partial charge in [-0.3, -0.25) is 4.68 Å².